The molecule has 1 atom stereocenters. The van der Waals surface area contributed by atoms with E-state index in [-0.39, 0.29) is 0 Å². The van der Waals surface area contributed by atoms with Crippen LogP contribution in [0.15, 0.2) is 60.8 Å². The van der Waals surface area contributed by atoms with E-state index in [1.54, 1.807) is 0 Å². The highest BCUT2D eigenvalue weighted by Gasteiger charge is 2.19. The number of hydrogen-bond acceptors (Lipinski definition) is 2. The Hall–Kier alpha value is -2.61. The highest BCUT2D eigenvalue weighted by Crippen LogP contribution is 2.30. The number of benzene rings is 2. The Morgan fingerprint density at radius 2 is 2.04 bits per heavy atom. The lowest BCUT2D eigenvalue weighted by molar-refractivity contribution is 0.491. The fourth-order valence-electron chi connectivity index (χ4n) is 4.42. The summed E-state index contributed by atoms with van der Waals surface area (Å²) in [6.07, 6.45) is 6.63. The average Bonchev–Trinajstić information content (AvgIpc) is 2.72. The Bertz CT molecular complexity index is 1000. The zero-order valence-corrected chi connectivity index (χ0v) is 17.1. The third-order valence-electron chi connectivity index (χ3n) is 5.94. The number of aryl methyl sites for hydroxylation is 4. The van der Waals surface area contributed by atoms with Gasteiger partial charge in [-0.15, -0.1) is 0 Å². The first-order valence-electron chi connectivity index (χ1n) is 10.6. The summed E-state index contributed by atoms with van der Waals surface area (Å²) < 4.78 is 0. The molecule has 1 aliphatic carbocycles. The summed E-state index contributed by atoms with van der Waals surface area (Å²) in [6, 6.07) is 18.1. The molecule has 1 unspecified atom stereocenters. The van der Waals surface area contributed by atoms with Crippen molar-refractivity contribution in [2.24, 2.45) is 0 Å². The van der Waals surface area contributed by atoms with Gasteiger partial charge in [-0.1, -0.05) is 43.8 Å². The smallest absolute Gasteiger partial charge is 0.0708 e. The van der Waals surface area contributed by atoms with E-state index < -0.39 is 0 Å². The molecule has 1 aromatic heterocycles. The van der Waals surface area contributed by atoms with Crippen LogP contribution in [-0.2, 0) is 19.3 Å². The first-order chi connectivity index (χ1) is 13.6. The molecule has 0 aliphatic heterocycles. The molecule has 1 aliphatic rings. The van der Waals surface area contributed by atoms with Crippen molar-refractivity contribution in [3.8, 4) is 0 Å². The minimum Gasteiger partial charge on any atom is -0.382 e. The fraction of sp³-hybridized carbons (Fsp3) is 0.346. The highest BCUT2D eigenvalue weighted by molar-refractivity contribution is 5.83. The highest BCUT2D eigenvalue weighted by atomic mass is 14.9. The van der Waals surface area contributed by atoms with Crippen LogP contribution in [0.5, 0.6) is 0 Å². The van der Waals surface area contributed by atoms with E-state index in [0.29, 0.717) is 6.04 Å². The zero-order chi connectivity index (χ0) is 19.5. The quantitative estimate of drug-likeness (QED) is 0.557. The van der Waals surface area contributed by atoms with E-state index >= 15 is 0 Å². The lowest BCUT2D eigenvalue weighted by atomic mass is 9.87. The van der Waals surface area contributed by atoms with Gasteiger partial charge in [-0.2, -0.15) is 0 Å². The summed E-state index contributed by atoms with van der Waals surface area (Å²) in [6.45, 7) is 8.64. The third-order valence-corrected chi connectivity index (χ3v) is 5.94. The van der Waals surface area contributed by atoms with E-state index in [1.807, 2.05) is 0 Å². The lowest BCUT2D eigenvalue weighted by Gasteiger charge is -2.28. The molecule has 1 N–H and O–H groups in total. The lowest BCUT2D eigenvalue weighted by Crippen LogP contribution is -2.24. The van der Waals surface area contributed by atoms with E-state index in [9.17, 15) is 0 Å². The van der Waals surface area contributed by atoms with Crippen LogP contribution in [0.1, 0.15) is 60.2 Å². The molecule has 0 saturated carbocycles. The molecule has 0 spiro atoms. The van der Waals surface area contributed by atoms with Crippen LogP contribution in [-0.4, -0.2) is 4.98 Å². The van der Waals surface area contributed by atoms with Crippen molar-refractivity contribution in [3.63, 3.8) is 0 Å². The van der Waals surface area contributed by atoms with Gasteiger partial charge in [0.05, 0.1) is 11.6 Å². The molecule has 1 heterocycles. The van der Waals surface area contributed by atoms with Crippen LogP contribution in [0, 0.1) is 6.92 Å². The summed E-state index contributed by atoms with van der Waals surface area (Å²) >= 11 is 0. The number of aromatic nitrogens is 1. The molecule has 4 rings (SSSR count). The number of rotatable bonds is 6. The molecule has 2 nitrogen and oxygen atoms in total. The maximum atomic E-state index is 4.72. The summed E-state index contributed by atoms with van der Waals surface area (Å²) in [7, 11) is 0. The second-order valence-electron chi connectivity index (χ2n) is 8.02. The van der Waals surface area contributed by atoms with E-state index in [2.05, 4.69) is 74.3 Å². The Balaban J connectivity index is 1.48. The Kier molecular flexibility index (Phi) is 5.47. The number of nitrogens with zero attached hydrogens (tertiary/aromatic N) is 1. The van der Waals surface area contributed by atoms with E-state index in [0.717, 1.165) is 36.2 Å². The van der Waals surface area contributed by atoms with Gasteiger partial charge in [0.15, 0.2) is 0 Å². The van der Waals surface area contributed by atoms with Gasteiger partial charge in [0.25, 0.3) is 0 Å². The Morgan fingerprint density at radius 3 is 2.89 bits per heavy atom. The van der Waals surface area contributed by atoms with Crippen LogP contribution in [0.2, 0.25) is 0 Å². The number of pyridine rings is 1. The van der Waals surface area contributed by atoms with Gasteiger partial charge in [0, 0.05) is 16.8 Å². The standard InChI is InChI=1S/C26H30N2/c1-4-20-13-15-26-24(17-20)22(16-19(3)28-26)14-12-18(2)27-25-11-7-9-21-8-5-6-10-23(21)25/h5-6,8,10,13,15-17,25,27H,2,4,7,9,11-12,14H2,1,3H3. The Morgan fingerprint density at radius 1 is 1.18 bits per heavy atom. The molecule has 144 valence electrons. The van der Waals surface area contributed by atoms with Crippen molar-refractivity contribution < 1.29 is 0 Å². The van der Waals surface area contributed by atoms with Gasteiger partial charge in [0.1, 0.15) is 0 Å². The summed E-state index contributed by atoms with van der Waals surface area (Å²) in [5.41, 5.74) is 9.02. The second kappa shape index (κ2) is 8.18. The van der Waals surface area contributed by atoms with Crippen LogP contribution in [0.25, 0.3) is 10.9 Å². The van der Waals surface area contributed by atoms with Crippen molar-refractivity contribution in [1.29, 1.82) is 0 Å². The van der Waals surface area contributed by atoms with Crippen molar-refractivity contribution in [2.45, 2.75) is 58.4 Å². The summed E-state index contributed by atoms with van der Waals surface area (Å²) in [5, 5.41) is 5.01. The van der Waals surface area contributed by atoms with Crippen molar-refractivity contribution in [3.05, 3.63) is 88.8 Å². The normalized spacial score (nSPS) is 16.0. The number of nitrogens with one attached hydrogen (secondary N) is 1. The Labute approximate surface area is 168 Å². The first kappa shape index (κ1) is 18.7. The predicted molar refractivity (Wildman–Crippen MR) is 119 cm³/mol. The topological polar surface area (TPSA) is 24.9 Å². The van der Waals surface area contributed by atoms with Crippen LogP contribution < -0.4 is 5.32 Å². The maximum absolute atomic E-state index is 4.72. The molecule has 0 saturated heterocycles. The minimum absolute atomic E-state index is 0.403. The summed E-state index contributed by atoms with van der Waals surface area (Å²) in [4.78, 5) is 4.72. The summed E-state index contributed by atoms with van der Waals surface area (Å²) in [5.74, 6) is 0. The largest absolute Gasteiger partial charge is 0.382 e. The van der Waals surface area contributed by atoms with Crippen LogP contribution in [0.4, 0.5) is 0 Å². The predicted octanol–water partition coefficient (Wildman–Crippen LogP) is 6.22. The molecule has 2 aromatic carbocycles. The van der Waals surface area contributed by atoms with Gasteiger partial charge < -0.3 is 5.32 Å². The van der Waals surface area contributed by atoms with E-state index in [1.165, 1.54) is 46.9 Å². The van der Waals surface area contributed by atoms with Crippen molar-refractivity contribution in [2.75, 3.05) is 0 Å². The molecule has 0 amide bonds. The monoisotopic (exact) mass is 370 g/mol. The number of allylic oxidation sites excluding steroid dienone is 1. The van der Waals surface area contributed by atoms with Gasteiger partial charge in [-0.3, -0.25) is 4.98 Å². The SMILES string of the molecule is C=C(CCc1cc(C)nc2ccc(CC)cc12)NC1CCCc2ccccc21. The first-order valence-corrected chi connectivity index (χ1v) is 10.6. The van der Waals surface area contributed by atoms with Crippen LogP contribution >= 0.6 is 0 Å². The maximum Gasteiger partial charge on any atom is 0.0708 e. The van der Waals surface area contributed by atoms with Gasteiger partial charge in [0.2, 0.25) is 0 Å². The van der Waals surface area contributed by atoms with Gasteiger partial charge in [-0.25, -0.2) is 0 Å². The number of hydrogen-bond donors (Lipinski definition) is 1. The molecule has 0 radical (unpaired) electrons. The average molecular weight is 371 g/mol. The van der Waals surface area contributed by atoms with Gasteiger partial charge >= 0.3 is 0 Å². The molecular weight excluding hydrogens is 340 g/mol. The zero-order valence-electron chi connectivity index (χ0n) is 17.1. The fourth-order valence-corrected chi connectivity index (χ4v) is 4.42. The van der Waals surface area contributed by atoms with Gasteiger partial charge in [-0.05, 0) is 85.9 Å². The minimum atomic E-state index is 0.403. The molecule has 0 bridgehead atoms. The van der Waals surface area contributed by atoms with Crippen molar-refractivity contribution in [1.82, 2.24) is 10.3 Å². The third kappa shape index (κ3) is 3.96. The molecule has 28 heavy (non-hydrogen) atoms. The molecule has 2 heteroatoms. The molecule has 0 fully saturated rings. The molecular formula is C26H30N2. The van der Waals surface area contributed by atoms with E-state index in [4.69, 9.17) is 4.98 Å². The number of fused-ring (bicyclic) bond motifs is 2. The molecule has 3 aromatic rings. The van der Waals surface area contributed by atoms with Crippen LogP contribution in [0.3, 0.4) is 0 Å². The second-order valence-corrected chi connectivity index (χ2v) is 8.02. The van der Waals surface area contributed by atoms with Crippen molar-refractivity contribution >= 4 is 10.9 Å².